The first-order valence-electron chi connectivity index (χ1n) is 7.78. The molecule has 0 unspecified atom stereocenters. The van der Waals surface area contributed by atoms with Crippen molar-refractivity contribution in [2.75, 3.05) is 13.2 Å². The Morgan fingerprint density at radius 1 is 1.36 bits per heavy atom. The lowest BCUT2D eigenvalue weighted by molar-refractivity contribution is -0.147. The van der Waals surface area contributed by atoms with Crippen LogP contribution < -0.4 is 0 Å². The van der Waals surface area contributed by atoms with Gasteiger partial charge in [-0.15, -0.1) is 0 Å². The van der Waals surface area contributed by atoms with E-state index in [4.69, 9.17) is 18.6 Å². The maximum atomic E-state index is 11.4. The molecular weight excluding hydrogens is 300 g/mol. The molecule has 0 aromatic heterocycles. The fourth-order valence-electron chi connectivity index (χ4n) is 2.30. The second-order valence-corrected chi connectivity index (χ2v) is 12.7. The van der Waals surface area contributed by atoms with E-state index < -0.39 is 14.1 Å². The highest BCUT2D eigenvalue weighted by Gasteiger charge is 2.46. The summed E-state index contributed by atoms with van der Waals surface area (Å²) in [4.78, 5) is 11.4. The van der Waals surface area contributed by atoms with Gasteiger partial charge in [-0.2, -0.15) is 0 Å². The molecule has 0 bridgehead atoms. The molecule has 0 amide bonds. The lowest BCUT2D eigenvalue weighted by atomic mass is 10.1. The largest absolute Gasteiger partial charge is 0.458 e. The van der Waals surface area contributed by atoms with Crippen LogP contribution in [0.5, 0.6) is 0 Å². The van der Waals surface area contributed by atoms with Crippen molar-refractivity contribution in [1.29, 1.82) is 0 Å². The molecule has 0 N–H and O–H groups in total. The minimum atomic E-state index is -2.01. The van der Waals surface area contributed by atoms with E-state index in [0.717, 1.165) is 5.57 Å². The van der Waals surface area contributed by atoms with E-state index in [9.17, 15) is 4.79 Å². The number of carbonyl (C=O) groups is 1. The summed E-state index contributed by atoms with van der Waals surface area (Å²) in [5.41, 5.74) is 0.848. The van der Waals surface area contributed by atoms with E-state index in [1.165, 1.54) is 6.08 Å². The van der Waals surface area contributed by atoms with Crippen LogP contribution in [0.3, 0.4) is 0 Å². The van der Waals surface area contributed by atoms with E-state index in [1.807, 2.05) is 13.8 Å². The summed E-state index contributed by atoms with van der Waals surface area (Å²) in [5.74, 6) is -0.930. The van der Waals surface area contributed by atoms with Crippen molar-refractivity contribution in [2.24, 2.45) is 0 Å². The number of hydrogen-bond donors (Lipinski definition) is 0. The van der Waals surface area contributed by atoms with Crippen molar-refractivity contribution < 1.29 is 23.4 Å². The van der Waals surface area contributed by atoms with E-state index in [0.29, 0.717) is 6.61 Å². The summed E-state index contributed by atoms with van der Waals surface area (Å²) < 4.78 is 23.3. The molecule has 2 aliphatic heterocycles. The zero-order chi connectivity index (χ0) is 16.8. The quantitative estimate of drug-likeness (QED) is 0.586. The zero-order valence-electron chi connectivity index (χ0n) is 14.7. The van der Waals surface area contributed by atoms with Crippen LogP contribution in [0.4, 0.5) is 0 Å². The molecule has 0 aromatic rings. The Morgan fingerprint density at radius 3 is 2.41 bits per heavy atom. The predicted octanol–water partition coefficient (Wildman–Crippen LogP) is 3.01. The van der Waals surface area contributed by atoms with Crippen LogP contribution in [-0.4, -0.2) is 45.5 Å². The van der Waals surface area contributed by atoms with Crippen LogP contribution in [0.1, 0.15) is 34.6 Å². The Labute approximate surface area is 134 Å². The van der Waals surface area contributed by atoms with Crippen LogP contribution in [0, 0.1) is 0 Å². The highest BCUT2D eigenvalue weighted by atomic mass is 28.4. The van der Waals surface area contributed by atoms with Gasteiger partial charge in [0.2, 0.25) is 0 Å². The Kier molecular flexibility index (Phi) is 4.61. The fourth-order valence-corrected chi connectivity index (χ4v) is 3.59. The maximum Gasteiger partial charge on any atom is 0.331 e. The molecule has 0 aromatic carbocycles. The minimum Gasteiger partial charge on any atom is -0.458 e. The van der Waals surface area contributed by atoms with Gasteiger partial charge in [-0.05, 0) is 32.0 Å². The van der Waals surface area contributed by atoms with Crippen LogP contribution in [0.25, 0.3) is 0 Å². The fraction of sp³-hybridized carbons (Fsp3) is 0.812. The minimum absolute atomic E-state index is 0.0737. The topological polar surface area (TPSA) is 54.0 Å². The maximum absolute atomic E-state index is 11.4. The number of esters is 1. The van der Waals surface area contributed by atoms with E-state index in [2.05, 4.69) is 33.9 Å². The molecule has 0 radical (unpaired) electrons. The van der Waals surface area contributed by atoms with Gasteiger partial charge in [0, 0.05) is 11.6 Å². The van der Waals surface area contributed by atoms with Gasteiger partial charge in [-0.1, -0.05) is 20.8 Å². The van der Waals surface area contributed by atoms with Gasteiger partial charge in [0.1, 0.15) is 12.7 Å². The molecular formula is C16H28O5Si. The molecule has 1 saturated heterocycles. The van der Waals surface area contributed by atoms with Gasteiger partial charge in [-0.25, -0.2) is 4.79 Å². The number of rotatable bonds is 4. The van der Waals surface area contributed by atoms with Crippen molar-refractivity contribution in [1.82, 2.24) is 0 Å². The van der Waals surface area contributed by atoms with Gasteiger partial charge < -0.3 is 18.6 Å². The Morgan fingerprint density at radius 2 is 2.00 bits per heavy atom. The van der Waals surface area contributed by atoms with Gasteiger partial charge in [0.05, 0.1) is 12.7 Å². The predicted molar refractivity (Wildman–Crippen MR) is 86.0 cm³/mol. The second kappa shape index (κ2) is 5.74. The van der Waals surface area contributed by atoms with Crippen molar-refractivity contribution in [3.05, 3.63) is 11.6 Å². The first kappa shape index (κ1) is 17.7. The molecule has 0 saturated carbocycles. The van der Waals surface area contributed by atoms with Crippen molar-refractivity contribution in [3.63, 3.8) is 0 Å². The standard InChI is InChI=1S/C16H28O5Si/c1-15(2,3)22(6,7)21-14(11-8-13(17)18-9-11)12-10-19-16(4,5)20-12/h8,12,14H,9-10H2,1-7H3/t12-,14-/m1/s1. The highest BCUT2D eigenvalue weighted by Crippen LogP contribution is 2.40. The Balaban J connectivity index is 2.23. The van der Waals surface area contributed by atoms with Crippen LogP contribution >= 0.6 is 0 Å². The smallest absolute Gasteiger partial charge is 0.331 e. The van der Waals surface area contributed by atoms with E-state index in [1.54, 1.807) is 0 Å². The molecule has 5 nitrogen and oxygen atoms in total. The van der Waals surface area contributed by atoms with Gasteiger partial charge >= 0.3 is 5.97 Å². The molecule has 0 spiro atoms. The molecule has 6 heteroatoms. The van der Waals surface area contributed by atoms with Crippen molar-refractivity contribution in [3.8, 4) is 0 Å². The summed E-state index contributed by atoms with van der Waals surface area (Å²) in [6, 6.07) is 0. The average Bonchev–Trinajstić information content (AvgIpc) is 2.91. The van der Waals surface area contributed by atoms with E-state index >= 15 is 0 Å². The third kappa shape index (κ3) is 3.79. The van der Waals surface area contributed by atoms with Crippen LogP contribution in [0.2, 0.25) is 18.1 Å². The lowest BCUT2D eigenvalue weighted by Crippen LogP contribution is -2.48. The van der Waals surface area contributed by atoms with Crippen molar-refractivity contribution in [2.45, 2.75) is 70.7 Å². The molecule has 22 heavy (non-hydrogen) atoms. The summed E-state index contributed by atoms with van der Waals surface area (Å²) >= 11 is 0. The first-order chi connectivity index (χ1) is 9.91. The van der Waals surface area contributed by atoms with Gasteiger partial charge in [-0.3, -0.25) is 0 Å². The number of cyclic esters (lactones) is 1. The summed E-state index contributed by atoms with van der Waals surface area (Å²) in [6.45, 7) is 15.5. The average molecular weight is 328 g/mol. The van der Waals surface area contributed by atoms with Crippen LogP contribution in [-0.2, 0) is 23.4 Å². The molecule has 0 aliphatic carbocycles. The summed E-state index contributed by atoms with van der Waals surface area (Å²) in [7, 11) is -2.01. The summed E-state index contributed by atoms with van der Waals surface area (Å²) in [5, 5.41) is 0.0737. The van der Waals surface area contributed by atoms with Gasteiger partial charge in [0.25, 0.3) is 0 Å². The monoisotopic (exact) mass is 328 g/mol. The Hall–Kier alpha value is -0.693. The Bertz CT molecular complexity index is 475. The lowest BCUT2D eigenvalue weighted by Gasteiger charge is -2.40. The third-order valence-corrected chi connectivity index (χ3v) is 9.10. The highest BCUT2D eigenvalue weighted by molar-refractivity contribution is 6.74. The first-order valence-corrected chi connectivity index (χ1v) is 10.7. The van der Waals surface area contributed by atoms with Crippen molar-refractivity contribution >= 4 is 14.3 Å². The summed E-state index contributed by atoms with van der Waals surface area (Å²) in [6.07, 6.45) is 1.02. The van der Waals surface area contributed by atoms with Gasteiger partial charge in [0.15, 0.2) is 14.1 Å². The molecule has 2 atom stereocenters. The molecule has 2 heterocycles. The second-order valence-electron chi connectivity index (χ2n) is 7.99. The SMILES string of the molecule is CC1(C)OC[C@H]([C@H](O[Si](C)(C)C(C)(C)C)C2=CC(=O)OC2)O1. The molecule has 2 aliphatic rings. The molecule has 1 fully saturated rings. The number of ether oxygens (including phenoxy) is 3. The third-order valence-electron chi connectivity index (χ3n) is 4.65. The number of hydrogen-bond acceptors (Lipinski definition) is 5. The van der Waals surface area contributed by atoms with Crippen LogP contribution in [0.15, 0.2) is 11.6 Å². The zero-order valence-corrected chi connectivity index (χ0v) is 15.7. The normalized spacial score (nSPS) is 26.8. The molecule has 2 rings (SSSR count). The van der Waals surface area contributed by atoms with E-state index in [-0.39, 0.29) is 29.8 Å². The molecule has 126 valence electrons. The number of carbonyl (C=O) groups excluding carboxylic acids is 1.